The van der Waals surface area contributed by atoms with E-state index in [1.54, 1.807) is 4.90 Å². The zero-order chi connectivity index (χ0) is 14.8. The van der Waals surface area contributed by atoms with Crippen LogP contribution in [0.1, 0.15) is 24.8 Å². The van der Waals surface area contributed by atoms with Crippen molar-refractivity contribution in [2.45, 2.75) is 25.7 Å². The first-order chi connectivity index (χ1) is 10.1. The molecular weight excluding hydrogens is 289 g/mol. The Kier molecular flexibility index (Phi) is 4.11. The monoisotopic (exact) mass is 304 g/mol. The molecule has 21 heavy (non-hydrogen) atoms. The molecular formula is C17H16ClFNO. The highest BCUT2D eigenvalue weighted by molar-refractivity contribution is 6.30. The van der Waals surface area contributed by atoms with Gasteiger partial charge in [-0.15, -0.1) is 0 Å². The van der Waals surface area contributed by atoms with Crippen molar-refractivity contribution in [1.82, 2.24) is 4.90 Å². The van der Waals surface area contributed by atoms with Crippen molar-refractivity contribution in [3.8, 4) is 0 Å². The molecule has 1 saturated heterocycles. The van der Waals surface area contributed by atoms with Crippen LogP contribution in [0.2, 0.25) is 5.02 Å². The number of amides is 1. The average molecular weight is 305 g/mol. The minimum Gasteiger partial charge on any atom is -0.310 e. The Morgan fingerprint density at radius 1 is 1.24 bits per heavy atom. The summed E-state index contributed by atoms with van der Waals surface area (Å²) in [5.41, 5.74) is 2.40. The van der Waals surface area contributed by atoms with Crippen LogP contribution in [0.4, 0.5) is 4.39 Å². The molecule has 1 amide bonds. The smallest absolute Gasteiger partial charge is 0.227 e. The van der Waals surface area contributed by atoms with Crippen molar-refractivity contribution in [2.24, 2.45) is 0 Å². The maximum Gasteiger partial charge on any atom is 0.227 e. The topological polar surface area (TPSA) is 20.3 Å². The van der Waals surface area contributed by atoms with Crippen molar-refractivity contribution < 1.29 is 9.18 Å². The largest absolute Gasteiger partial charge is 0.310 e. The maximum atomic E-state index is 14.3. The maximum absolute atomic E-state index is 14.3. The summed E-state index contributed by atoms with van der Waals surface area (Å²) < 4.78 is 14.3. The lowest BCUT2D eigenvalue weighted by molar-refractivity contribution is -0.126. The second kappa shape index (κ2) is 6.02. The SMILES string of the molecule is O=C1CCCN1C1=C(Cc2ccc(Cl)cc2)[CH]CC=C1F. The fraction of sp³-hybridized carbons (Fsp3) is 0.294. The number of rotatable bonds is 3. The number of likely N-dealkylation sites (tertiary alicyclic amines) is 1. The van der Waals surface area contributed by atoms with Gasteiger partial charge in [-0.1, -0.05) is 23.7 Å². The molecule has 3 rings (SSSR count). The van der Waals surface area contributed by atoms with Gasteiger partial charge in [-0.2, -0.15) is 0 Å². The first-order valence-corrected chi connectivity index (χ1v) is 7.50. The van der Waals surface area contributed by atoms with Crippen LogP contribution in [-0.2, 0) is 11.2 Å². The van der Waals surface area contributed by atoms with E-state index in [4.69, 9.17) is 11.6 Å². The van der Waals surface area contributed by atoms with Gasteiger partial charge >= 0.3 is 0 Å². The third kappa shape index (κ3) is 3.03. The van der Waals surface area contributed by atoms with Crippen molar-refractivity contribution in [1.29, 1.82) is 0 Å². The first kappa shape index (κ1) is 14.3. The van der Waals surface area contributed by atoms with Crippen LogP contribution < -0.4 is 0 Å². The third-order valence-electron chi connectivity index (χ3n) is 3.84. The van der Waals surface area contributed by atoms with E-state index in [1.807, 2.05) is 30.7 Å². The molecule has 0 saturated carbocycles. The van der Waals surface area contributed by atoms with Crippen LogP contribution in [0.25, 0.3) is 0 Å². The zero-order valence-corrected chi connectivity index (χ0v) is 12.4. The van der Waals surface area contributed by atoms with E-state index in [2.05, 4.69) is 0 Å². The van der Waals surface area contributed by atoms with Gasteiger partial charge in [0.1, 0.15) is 5.83 Å². The summed E-state index contributed by atoms with van der Waals surface area (Å²) in [5, 5.41) is 0.682. The summed E-state index contributed by atoms with van der Waals surface area (Å²) >= 11 is 5.89. The summed E-state index contributed by atoms with van der Waals surface area (Å²) in [4.78, 5) is 13.5. The van der Waals surface area contributed by atoms with Crippen molar-refractivity contribution in [3.63, 3.8) is 0 Å². The molecule has 1 aliphatic heterocycles. The number of carbonyl (C=O) groups excluding carboxylic acids is 1. The van der Waals surface area contributed by atoms with Crippen LogP contribution in [0.15, 0.2) is 47.4 Å². The van der Waals surface area contributed by atoms with Gasteiger partial charge in [-0.25, -0.2) is 4.39 Å². The second-order valence-corrected chi connectivity index (χ2v) is 5.75. The lowest BCUT2D eigenvalue weighted by Gasteiger charge is -2.25. The molecule has 1 aromatic rings. The number of hydrogen-bond donors (Lipinski definition) is 0. The van der Waals surface area contributed by atoms with Crippen molar-refractivity contribution in [2.75, 3.05) is 6.54 Å². The molecule has 1 heterocycles. The number of benzene rings is 1. The fourth-order valence-electron chi connectivity index (χ4n) is 2.82. The second-order valence-electron chi connectivity index (χ2n) is 5.32. The van der Waals surface area contributed by atoms with Gasteiger partial charge in [0.15, 0.2) is 0 Å². The Morgan fingerprint density at radius 3 is 2.67 bits per heavy atom. The van der Waals surface area contributed by atoms with Gasteiger partial charge in [0.05, 0.1) is 5.70 Å². The lowest BCUT2D eigenvalue weighted by atomic mass is 9.94. The molecule has 0 bridgehead atoms. The molecule has 0 N–H and O–H groups in total. The minimum atomic E-state index is -0.281. The molecule has 1 fully saturated rings. The van der Waals surface area contributed by atoms with E-state index in [9.17, 15) is 9.18 Å². The molecule has 2 nitrogen and oxygen atoms in total. The summed E-state index contributed by atoms with van der Waals surface area (Å²) in [6, 6.07) is 7.52. The zero-order valence-electron chi connectivity index (χ0n) is 11.6. The highest BCUT2D eigenvalue weighted by atomic mass is 35.5. The molecule has 1 aliphatic carbocycles. The minimum absolute atomic E-state index is 0.0115. The summed E-state index contributed by atoms with van der Waals surface area (Å²) in [6.07, 6.45) is 6.01. The Morgan fingerprint density at radius 2 is 2.00 bits per heavy atom. The van der Waals surface area contributed by atoms with Crippen LogP contribution in [0.5, 0.6) is 0 Å². The summed E-state index contributed by atoms with van der Waals surface area (Å²) in [5.74, 6) is -0.269. The Labute approximate surface area is 128 Å². The van der Waals surface area contributed by atoms with Crippen LogP contribution in [0, 0.1) is 6.42 Å². The summed E-state index contributed by atoms with van der Waals surface area (Å²) in [7, 11) is 0. The predicted molar refractivity (Wildman–Crippen MR) is 81.2 cm³/mol. The van der Waals surface area contributed by atoms with Crippen LogP contribution in [-0.4, -0.2) is 17.4 Å². The molecule has 109 valence electrons. The molecule has 4 heteroatoms. The average Bonchev–Trinajstić information content (AvgIpc) is 2.88. The third-order valence-corrected chi connectivity index (χ3v) is 4.09. The number of halogens is 2. The number of nitrogens with zero attached hydrogens (tertiary/aromatic N) is 1. The first-order valence-electron chi connectivity index (χ1n) is 7.12. The normalized spacial score (nSPS) is 19.2. The van der Waals surface area contributed by atoms with E-state index in [0.717, 1.165) is 17.6 Å². The number of carbonyl (C=O) groups is 1. The van der Waals surface area contributed by atoms with Crippen molar-refractivity contribution >= 4 is 17.5 Å². The van der Waals surface area contributed by atoms with E-state index in [0.29, 0.717) is 36.5 Å². The molecule has 0 aromatic heterocycles. The highest BCUT2D eigenvalue weighted by Crippen LogP contribution is 2.33. The van der Waals surface area contributed by atoms with Gasteiger partial charge in [0, 0.05) is 18.0 Å². The standard InChI is InChI=1S/C17H16ClFNO/c18-14-8-6-12(7-9-14)11-13-3-1-4-15(19)17(13)20-10-2-5-16(20)21/h3-4,6-9H,1-2,5,10-11H2. The Balaban J connectivity index is 1.93. The van der Waals surface area contributed by atoms with Gasteiger partial charge in [-0.05, 0) is 55.0 Å². The van der Waals surface area contributed by atoms with Gasteiger partial charge in [-0.3, -0.25) is 4.79 Å². The Hall–Kier alpha value is -1.61. The molecule has 2 aliphatic rings. The van der Waals surface area contributed by atoms with Crippen LogP contribution in [0.3, 0.4) is 0 Å². The molecule has 1 radical (unpaired) electrons. The highest BCUT2D eigenvalue weighted by Gasteiger charge is 2.29. The quantitative estimate of drug-likeness (QED) is 0.818. The molecule has 0 unspecified atom stereocenters. The van der Waals surface area contributed by atoms with Gasteiger partial charge < -0.3 is 4.90 Å². The number of hydrogen-bond acceptors (Lipinski definition) is 1. The van der Waals surface area contributed by atoms with Gasteiger partial charge in [0.2, 0.25) is 5.91 Å². The van der Waals surface area contributed by atoms with Gasteiger partial charge in [0.25, 0.3) is 0 Å². The molecule has 0 spiro atoms. The lowest BCUT2D eigenvalue weighted by Crippen LogP contribution is -2.27. The number of allylic oxidation sites excluding steroid dienone is 3. The Bertz CT molecular complexity index is 618. The molecule has 1 aromatic carbocycles. The van der Waals surface area contributed by atoms with E-state index >= 15 is 0 Å². The summed E-state index contributed by atoms with van der Waals surface area (Å²) in [6.45, 7) is 0.605. The van der Waals surface area contributed by atoms with E-state index in [-0.39, 0.29) is 11.7 Å². The molecule has 0 atom stereocenters. The van der Waals surface area contributed by atoms with Crippen molar-refractivity contribution in [3.05, 3.63) is 64.4 Å². The predicted octanol–water partition coefficient (Wildman–Crippen LogP) is 4.22. The fourth-order valence-corrected chi connectivity index (χ4v) is 2.94. The van der Waals surface area contributed by atoms with Crippen LogP contribution >= 0.6 is 11.6 Å². The van der Waals surface area contributed by atoms with E-state index in [1.165, 1.54) is 6.08 Å². The van der Waals surface area contributed by atoms with E-state index < -0.39 is 0 Å².